The summed E-state index contributed by atoms with van der Waals surface area (Å²) in [5.41, 5.74) is 0.685. The predicted molar refractivity (Wildman–Crippen MR) is 72.9 cm³/mol. The molecule has 0 aliphatic rings. The minimum absolute atomic E-state index is 0.0541. The lowest BCUT2D eigenvalue weighted by Gasteiger charge is -2.19. The zero-order valence-electron chi connectivity index (χ0n) is 10.9. The van der Waals surface area contributed by atoms with Gasteiger partial charge in [0.25, 0.3) is 0 Å². The number of hydrogen-bond acceptors (Lipinski definition) is 4. The molecule has 0 bridgehead atoms. The van der Waals surface area contributed by atoms with Gasteiger partial charge in [0.2, 0.25) is 10.0 Å². The molecule has 0 aliphatic heterocycles. The summed E-state index contributed by atoms with van der Waals surface area (Å²) in [6.45, 7) is 5.51. The maximum Gasteiger partial charge on any atom is 0.335 e. The Bertz CT molecular complexity index is 551. The second-order valence-corrected chi connectivity index (χ2v) is 5.76. The molecular weight excluding hydrogens is 266 g/mol. The third-order valence-electron chi connectivity index (χ3n) is 2.35. The van der Waals surface area contributed by atoms with Gasteiger partial charge in [-0.3, -0.25) is 0 Å². The summed E-state index contributed by atoms with van der Waals surface area (Å²) in [6, 6.07) is 7.92. The van der Waals surface area contributed by atoms with E-state index in [9.17, 15) is 13.2 Å². The summed E-state index contributed by atoms with van der Waals surface area (Å²) < 4.78 is 30.0. The second-order valence-electron chi connectivity index (χ2n) is 3.98. The smallest absolute Gasteiger partial charge is 0.335 e. The first kappa shape index (κ1) is 15.4. The largest absolute Gasteiger partial charge is 0.463 e. The van der Waals surface area contributed by atoms with Crippen LogP contribution in [0.4, 0.5) is 0 Å². The topological polar surface area (TPSA) is 72.5 Å². The van der Waals surface area contributed by atoms with E-state index in [-0.39, 0.29) is 12.2 Å². The van der Waals surface area contributed by atoms with Crippen molar-refractivity contribution in [2.24, 2.45) is 0 Å². The van der Waals surface area contributed by atoms with Crippen molar-refractivity contribution in [2.45, 2.75) is 13.0 Å². The number of hydrogen-bond donors (Lipinski definition) is 1. The highest BCUT2D eigenvalue weighted by Gasteiger charge is 2.24. The minimum Gasteiger partial charge on any atom is -0.463 e. The fourth-order valence-corrected chi connectivity index (χ4v) is 2.25. The molecule has 0 aromatic heterocycles. The lowest BCUT2D eigenvalue weighted by molar-refractivity contribution is -0.138. The fraction of sp³-hybridized carbons (Fsp3) is 0.308. The first-order chi connectivity index (χ1) is 8.85. The molecule has 0 spiro atoms. The van der Waals surface area contributed by atoms with E-state index in [4.69, 9.17) is 4.74 Å². The number of carbonyl (C=O) groups excluding carboxylic acids is 1. The summed E-state index contributed by atoms with van der Waals surface area (Å²) >= 11 is 0. The number of nitrogens with one attached hydrogen (secondary N) is 1. The number of carbonyl (C=O) groups is 1. The van der Waals surface area contributed by atoms with Crippen LogP contribution in [0, 0.1) is 0 Å². The van der Waals surface area contributed by atoms with Crippen LogP contribution < -0.4 is 4.72 Å². The molecule has 5 nitrogen and oxygen atoms in total. The van der Waals surface area contributed by atoms with Crippen molar-refractivity contribution in [3.8, 4) is 0 Å². The van der Waals surface area contributed by atoms with Crippen LogP contribution in [0.5, 0.6) is 0 Å². The van der Waals surface area contributed by atoms with Gasteiger partial charge in [-0.2, -0.15) is 0 Å². The molecule has 1 aromatic carbocycles. The van der Waals surface area contributed by atoms with Crippen molar-refractivity contribution in [1.29, 1.82) is 0 Å². The molecule has 104 valence electrons. The van der Waals surface area contributed by atoms with Crippen LogP contribution >= 0.6 is 0 Å². The first-order valence-electron chi connectivity index (χ1n) is 5.73. The van der Waals surface area contributed by atoms with Gasteiger partial charge >= 0.3 is 5.97 Å². The van der Waals surface area contributed by atoms with Gasteiger partial charge in [0.05, 0.1) is 24.5 Å². The van der Waals surface area contributed by atoms with E-state index < -0.39 is 22.0 Å². The van der Waals surface area contributed by atoms with Gasteiger partial charge in [0.15, 0.2) is 0 Å². The molecule has 1 rings (SSSR count). The number of rotatable bonds is 6. The third kappa shape index (κ3) is 4.84. The zero-order valence-corrected chi connectivity index (χ0v) is 11.7. The zero-order chi connectivity index (χ0) is 14.5. The van der Waals surface area contributed by atoms with Crippen LogP contribution in [0.2, 0.25) is 0 Å². The number of benzene rings is 1. The maximum atomic E-state index is 11.7. The van der Waals surface area contributed by atoms with Gasteiger partial charge in [0, 0.05) is 0 Å². The highest BCUT2D eigenvalue weighted by Crippen LogP contribution is 2.22. The van der Waals surface area contributed by atoms with Gasteiger partial charge in [-0.15, -0.1) is 0 Å². The molecule has 0 heterocycles. The third-order valence-corrected chi connectivity index (χ3v) is 3.01. The lowest BCUT2D eigenvalue weighted by Crippen LogP contribution is -2.31. The lowest BCUT2D eigenvalue weighted by atomic mass is 10.0. The molecular formula is C13H17NO4S. The molecule has 0 saturated heterocycles. The summed E-state index contributed by atoms with van der Waals surface area (Å²) in [5.74, 6) is -0.618. The second kappa shape index (κ2) is 6.49. The van der Waals surface area contributed by atoms with E-state index in [1.54, 1.807) is 37.3 Å². The van der Waals surface area contributed by atoms with Crippen LogP contribution in [0.25, 0.3) is 0 Å². The Morgan fingerprint density at radius 1 is 1.37 bits per heavy atom. The Labute approximate surface area is 113 Å². The molecule has 0 radical (unpaired) electrons. The van der Waals surface area contributed by atoms with Crippen molar-refractivity contribution in [3.05, 3.63) is 48.0 Å². The SMILES string of the molecule is C=C(C(=O)OCC)[C@@H](NS(C)(=O)=O)c1ccccc1. The fourth-order valence-electron chi connectivity index (χ4n) is 1.54. The maximum absolute atomic E-state index is 11.7. The van der Waals surface area contributed by atoms with Crippen LogP contribution in [0.15, 0.2) is 42.5 Å². The van der Waals surface area contributed by atoms with Crippen molar-refractivity contribution in [3.63, 3.8) is 0 Å². The van der Waals surface area contributed by atoms with Crippen LogP contribution in [0.1, 0.15) is 18.5 Å². The molecule has 19 heavy (non-hydrogen) atoms. The van der Waals surface area contributed by atoms with E-state index in [0.717, 1.165) is 6.26 Å². The molecule has 0 aliphatic carbocycles. The van der Waals surface area contributed by atoms with Crippen molar-refractivity contribution >= 4 is 16.0 Å². The van der Waals surface area contributed by atoms with Gasteiger partial charge in [-0.05, 0) is 12.5 Å². The Hall–Kier alpha value is -1.66. The molecule has 0 amide bonds. The van der Waals surface area contributed by atoms with E-state index >= 15 is 0 Å². The molecule has 0 unspecified atom stereocenters. The normalized spacial score (nSPS) is 12.7. The Morgan fingerprint density at radius 3 is 2.42 bits per heavy atom. The Kier molecular flexibility index (Phi) is 5.26. The molecule has 1 atom stereocenters. The molecule has 6 heteroatoms. The molecule has 1 aromatic rings. The first-order valence-corrected chi connectivity index (χ1v) is 7.62. The van der Waals surface area contributed by atoms with Crippen molar-refractivity contribution in [1.82, 2.24) is 4.72 Å². The predicted octanol–water partition coefficient (Wildman–Crippen LogP) is 1.40. The van der Waals surface area contributed by atoms with Crippen molar-refractivity contribution in [2.75, 3.05) is 12.9 Å². The molecule has 1 N–H and O–H groups in total. The standard InChI is InChI=1S/C13H17NO4S/c1-4-18-13(15)10(2)12(14-19(3,16)17)11-8-6-5-7-9-11/h5-9,12,14H,2,4H2,1,3H3/t12-/m1/s1. The van der Waals surface area contributed by atoms with Gasteiger partial charge in [0.1, 0.15) is 0 Å². The average molecular weight is 283 g/mol. The van der Waals surface area contributed by atoms with Gasteiger partial charge < -0.3 is 4.74 Å². The minimum atomic E-state index is -3.48. The van der Waals surface area contributed by atoms with Gasteiger partial charge in [-0.25, -0.2) is 17.9 Å². The number of esters is 1. The Morgan fingerprint density at radius 2 is 1.95 bits per heavy atom. The average Bonchev–Trinajstić information content (AvgIpc) is 2.35. The van der Waals surface area contributed by atoms with Crippen LogP contribution in [-0.2, 0) is 19.6 Å². The molecule has 0 saturated carbocycles. The van der Waals surface area contributed by atoms with Gasteiger partial charge in [-0.1, -0.05) is 36.9 Å². The van der Waals surface area contributed by atoms with E-state index in [2.05, 4.69) is 11.3 Å². The highest BCUT2D eigenvalue weighted by atomic mass is 32.2. The summed E-state index contributed by atoms with van der Waals surface area (Å²) in [4.78, 5) is 11.7. The summed E-state index contributed by atoms with van der Waals surface area (Å²) in [7, 11) is -3.48. The quantitative estimate of drug-likeness (QED) is 0.632. The monoisotopic (exact) mass is 283 g/mol. The van der Waals surface area contributed by atoms with E-state index in [1.807, 2.05) is 0 Å². The van der Waals surface area contributed by atoms with Crippen molar-refractivity contribution < 1.29 is 17.9 Å². The highest BCUT2D eigenvalue weighted by molar-refractivity contribution is 7.88. The van der Waals surface area contributed by atoms with E-state index in [0.29, 0.717) is 5.56 Å². The van der Waals surface area contributed by atoms with Crippen LogP contribution in [-0.4, -0.2) is 27.2 Å². The number of sulfonamides is 1. The Balaban J connectivity index is 3.06. The summed E-state index contributed by atoms with van der Waals surface area (Å²) in [5, 5.41) is 0. The van der Waals surface area contributed by atoms with E-state index in [1.165, 1.54) is 0 Å². The summed E-state index contributed by atoms with van der Waals surface area (Å²) in [6.07, 6.45) is 1.03. The van der Waals surface area contributed by atoms with Crippen LogP contribution in [0.3, 0.4) is 0 Å². The number of ether oxygens (including phenoxy) is 1. The molecule has 0 fully saturated rings.